The molecule has 3 heterocycles. The highest BCUT2D eigenvalue weighted by Crippen LogP contribution is 2.48. The first-order valence-electron chi connectivity index (χ1n) is 16.3. The number of urea groups is 1. The molecule has 4 amide bonds. The van der Waals surface area contributed by atoms with Gasteiger partial charge in [-0.25, -0.2) is 13.6 Å². The van der Waals surface area contributed by atoms with Crippen LogP contribution < -0.4 is 5.32 Å². The maximum absolute atomic E-state index is 14.1. The van der Waals surface area contributed by atoms with Crippen molar-refractivity contribution in [2.45, 2.75) is 114 Å². The topological polar surface area (TPSA) is 73.0 Å². The zero-order valence-corrected chi connectivity index (χ0v) is 27.0. The van der Waals surface area contributed by atoms with Crippen molar-refractivity contribution in [3.8, 4) is 0 Å². The Bertz CT molecular complexity index is 1340. The molecule has 45 heavy (non-hydrogen) atoms. The van der Waals surface area contributed by atoms with E-state index in [0.29, 0.717) is 25.8 Å². The molecule has 2 bridgehead atoms. The van der Waals surface area contributed by atoms with Crippen LogP contribution in [-0.4, -0.2) is 68.7 Å². The number of alkyl halides is 2. The van der Waals surface area contributed by atoms with Gasteiger partial charge >= 0.3 is 6.03 Å². The second-order valence-corrected chi connectivity index (χ2v) is 13.6. The second kappa shape index (κ2) is 13.4. The summed E-state index contributed by atoms with van der Waals surface area (Å²) in [5.41, 5.74) is 1.16. The maximum atomic E-state index is 14.1. The highest BCUT2D eigenvalue weighted by molar-refractivity contribution is 6.07. The van der Waals surface area contributed by atoms with Gasteiger partial charge in [-0.15, -0.1) is 12.4 Å². The third-order valence-electron chi connectivity index (χ3n) is 10.5. The Morgan fingerprint density at radius 2 is 1.49 bits per heavy atom. The number of carbonyl (C=O) groups is 3. The normalized spacial score (nSPS) is 27.2. The van der Waals surface area contributed by atoms with Gasteiger partial charge in [-0.2, -0.15) is 0 Å². The minimum Gasteiger partial charge on any atom is -0.349 e. The Kier molecular flexibility index (Phi) is 9.90. The first-order chi connectivity index (χ1) is 21.1. The SMILES string of the molecule is CC(C)N1C(=O)N(Cc2ccccc2)C2(CC3CCC(C2)N3CC[C@H](NC(=O)C2CCC(F)(F)CC2)c2ccccc2)C1=O.Cl. The van der Waals surface area contributed by atoms with Crippen LogP contribution in [0.5, 0.6) is 0 Å². The van der Waals surface area contributed by atoms with Gasteiger partial charge < -0.3 is 10.2 Å². The molecule has 4 aliphatic rings. The average molecular weight is 643 g/mol. The van der Waals surface area contributed by atoms with Gasteiger partial charge in [0.05, 0.1) is 6.04 Å². The van der Waals surface area contributed by atoms with Crippen LogP contribution in [-0.2, 0) is 16.1 Å². The molecule has 2 unspecified atom stereocenters. The second-order valence-electron chi connectivity index (χ2n) is 13.6. The molecule has 7 nitrogen and oxygen atoms in total. The molecule has 10 heteroatoms. The minimum absolute atomic E-state index is 0. The summed E-state index contributed by atoms with van der Waals surface area (Å²) >= 11 is 0. The van der Waals surface area contributed by atoms with Crippen LogP contribution in [0.25, 0.3) is 0 Å². The van der Waals surface area contributed by atoms with E-state index in [2.05, 4.69) is 10.2 Å². The maximum Gasteiger partial charge on any atom is 0.328 e. The predicted octanol–water partition coefficient (Wildman–Crippen LogP) is 6.72. The summed E-state index contributed by atoms with van der Waals surface area (Å²) in [5.74, 6) is -3.28. The highest BCUT2D eigenvalue weighted by Gasteiger charge is 2.63. The third kappa shape index (κ3) is 6.61. The molecule has 3 saturated heterocycles. The molecule has 3 atom stereocenters. The van der Waals surface area contributed by atoms with Crippen LogP contribution >= 0.6 is 12.4 Å². The van der Waals surface area contributed by atoms with Gasteiger partial charge in [-0.1, -0.05) is 60.7 Å². The number of carbonyl (C=O) groups excluding carboxylic acids is 3. The van der Waals surface area contributed by atoms with Crippen LogP contribution in [0.4, 0.5) is 13.6 Å². The molecule has 3 aliphatic heterocycles. The van der Waals surface area contributed by atoms with E-state index in [1.165, 1.54) is 4.90 Å². The summed E-state index contributed by atoms with van der Waals surface area (Å²) in [5, 5.41) is 3.21. The molecule has 4 fully saturated rings. The Hall–Kier alpha value is -3.04. The lowest BCUT2D eigenvalue weighted by atomic mass is 9.80. The largest absolute Gasteiger partial charge is 0.349 e. The summed E-state index contributed by atoms with van der Waals surface area (Å²) in [6.07, 6.45) is 3.74. The average Bonchev–Trinajstić information content (AvgIpc) is 3.36. The molecule has 0 aromatic heterocycles. The lowest BCUT2D eigenvalue weighted by Crippen LogP contribution is -2.60. The Labute approximate surface area is 271 Å². The number of piperidine rings is 1. The number of nitrogens with one attached hydrogen (secondary N) is 1. The highest BCUT2D eigenvalue weighted by atomic mass is 35.5. The van der Waals surface area contributed by atoms with E-state index in [1.54, 1.807) is 0 Å². The number of imide groups is 1. The van der Waals surface area contributed by atoms with Crippen LogP contribution in [0.2, 0.25) is 0 Å². The van der Waals surface area contributed by atoms with Crippen molar-refractivity contribution in [2.24, 2.45) is 5.92 Å². The van der Waals surface area contributed by atoms with Crippen LogP contribution in [0, 0.1) is 5.92 Å². The summed E-state index contributed by atoms with van der Waals surface area (Å²) in [7, 11) is 0. The summed E-state index contributed by atoms with van der Waals surface area (Å²) in [6, 6.07) is 19.4. The summed E-state index contributed by atoms with van der Waals surface area (Å²) in [6.45, 7) is 4.94. The van der Waals surface area contributed by atoms with Crippen molar-refractivity contribution >= 4 is 30.3 Å². The van der Waals surface area contributed by atoms with Crippen molar-refractivity contribution in [1.29, 1.82) is 0 Å². The van der Waals surface area contributed by atoms with Gasteiger partial charge in [0, 0.05) is 50.0 Å². The van der Waals surface area contributed by atoms with E-state index < -0.39 is 17.4 Å². The fraction of sp³-hybridized carbons (Fsp3) is 0.571. The quantitative estimate of drug-likeness (QED) is 0.308. The third-order valence-corrected chi connectivity index (χ3v) is 10.5. The van der Waals surface area contributed by atoms with Crippen LogP contribution in [0.3, 0.4) is 0 Å². The predicted molar refractivity (Wildman–Crippen MR) is 171 cm³/mol. The number of halogens is 3. The van der Waals surface area contributed by atoms with Gasteiger partial charge in [0.1, 0.15) is 5.54 Å². The van der Waals surface area contributed by atoms with E-state index >= 15 is 0 Å². The number of hydrogen-bond acceptors (Lipinski definition) is 4. The first kappa shape index (κ1) is 33.3. The molecular formula is C35H45ClF2N4O3. The molecule has 2 aromatic carbocycles. The van der Waals surface area contributed by atoms with Crippen molar-refractivity contribution in [3.05, 3.63) is 71.8 Å². The minimum atomic E-state index is -2.67. The number of hydrogen-bond donors (Lipinski definition) is 1. The Morgan fingerprint density at radius 1 is 0.911 bits per heavy atom. The van der Waals surface area contributed by atoms with Gasteiger partial charge in [0.15, 0.2) is 0 Å². The van der Waals surface area contributed by atoms with Gasteiger partial charge in [-0.05, 0) is 69.9 Å². The number of rotatable bonds is 9. The fourth-order valence-corrected chi connectivity index (χ4v) is 8.13. The zero-order chi connectivity index (χ0) is 31.1. The van der Waals surface area contributed by atoms with E-state index in [9.17, 15) is 23.2 Å². The smallest absolute Gasteiger partial charge is 0.328 e. The molecule has 244 valence electrons. The molecule has 1 aliphatic carbocycles. The first-order valence-corrected chi connectivity index (χ1v) is 16.3. The zero-order valence-electron chi connectivity index (χ0n) is 26.2. The lowest BCUT2D eigenvalue weighted by molar-refractivity contribution is -0.138. The molecule has 2 aromatic rings. The van der Waals surface area contributed by atoms with Crippen molar-refractivity contribution in [2.75, 3.05) is 6.54 Å². The molecule has 0 radical (unpaired) electrons. The standard InChI is InChI=1S/C35H44F2N4O3.ClH/c1-24(2)41-32(43)34(40(33(41)44)23-25-9-5-3-6-10-25)21-28-13-14-29(22-34)39(28)20-17-30(26-11-7-4-8-12-26)38-31(42)27-15-18-35(36,37)19-16-27;/h3-12,24,27-30H,13-23H2,1-2H3,(H,38,42);1H/t28?,29?,30-,34?;/m0./s1. The number of fused-ring (bicyclic) bond motifs is 2. The number of nitrogens with zero attached hydrogens (tertiary/aromatic N) is 3. The van der Waals surface area contributed by atoms with Gasteiger partial charge in [-0.3, -0.25) is 19.4 Å². The van der Waals surface area contributed by atoms with Gasteiger partial charge in [0.25, 0.3) is 5.91 Å². The van der Waals surface area contributed by atoms with Crippen LogP contribution in [0.15, 0.2) is 60.7 Å². The van der Waals surface area contributed by atoms with E-state index in [4.69, 9.17) is 0 Å². The summed E-state index contributed by atoms with van der Waals surface area (Å²) in [4.78, 5) is 46.8. The molecule has 1 saturated carbocycles. The van der Waals surface area contributed by atoms with Crippen LogP contribution in [0.1, 0.15) is 88.8 Å². The lowest BCUT2D eigenvalue weighted by Gasteiger charge is -2.47. The van der Waals surface area contributed by atoms with E-state index in [-0.39, 0.29) is 80.1 Å². The fourth-order valence-electron chi connectivity index (χ4n) is 8.13. The molecule has 1 spiro atoms. The molecule has 1 N–H and O–H groups in total. The van der Waals surface area contributed by atoms with Crippen molar-refractivity contribution in [1.82, 2.24) is 20.0 Å². The Morgan fingerprint density at radius 3 is 2.07 bits per heavy atom. The van der Waals surface area contributed by atoms with Gasteiger partial charge in [0.2, 0.25) is 11.8 Å². The number of amides is 4. The molecular weight excluding hydrogens is 598 g/mol. The number of benzene rings is 2. The van der Waals surface area contributed by atoms with E-state index in [0.717, 1.165) is 30.5 Å². The van der Waals surface area contributed by atoms with Crippen molar-refractivity contribution in [3.63, 3.8) is 0 Å². The van der Waals surface area contributed by atoms with Crippen molar-refractivity contribution < 1.29 is 23.2 Å². The Balaban J connectivity index is 0.00000400. The monoisotopic (exact) mass is 642 g/mol. The summed E-state index contributed by atoms with van der Waals surface area (Å²) < 4.78 is 27.5. The van der Waals surface area contributed by atoms with E-state index in [1.807, 2.05) is 79.4 Å². The molecule has 6 rings (SSSR count).